The third kappa shape index (κ3) is 5.13. The van der Waals surface area contributed by atoms with Crippen LogP contribution in [0.5, 0.6) is 5.75 Å². The average molecular weight is 370 g/mol. The van der Waals surface area contributed by atoms with Gasteiger partial charge in [-0.05, 0) is 42.5 Å². The van der Waals surface area contributed by atoms with Gasteiger partial charge in [-0.25, -0.2) is 4.79 Å². The normalized spacial score (nSPS) is 14.4. The number of piperazine rings is 1. The molecule has 0 bridgehead atoms. The van der Waals surface area contributed by atoms with Gasteiger partial charge in [-0.2, -0.15) is 0 Å². The molecular weight excluding hydrogens is 348 g/mol. The van der Waals surface area contributed by atoms with Crippen LogP contribution in [0.3, 0.4) is 0 Å². The summed E-state index contributed by atoms with van der Waals surface area (Å²) in [6, 6.07) is 11.3. The van der Waals surface area contributed by atoms with Crippen molar-refractivity contribution in [1.82, 2.24) is 4.90 Å². The van der Waals surface area contributed by atoms with E-state index >= 15 is 0 Å². The monoisotopic (exact) mass is 370 g/mol. The Hall–Kier alpha value is -3.22. The number of ether oxygens (including phenoxy) is 2. The van der Waals surface area contributed by atoms with Crippen LogP contribution in [0, 0.1) is 0 Å². The number of methoxy groups -OCH3 is 1. The Labute approximate surface area is 157 Å². The number of hydrogen-bond donors (Lipinski definition) is 0. The van der Waals surface area contributed by atoms with Crippen molar-refractivity contribution in [3.8, 4) is 5.75 Å². The molecule has 0 unspecified atom stereocenters. The first-order valence-electron chi connectivity index (χ1n) is 8.71. The highest BCUT2D eigenvalue weighted by atomic mass is 16.5. The Kier molecular flexibility index (Phi) is 6.14. The summed E-state index contributed by atoms with van der Waals surface area (Å²) >= 11 is 0. The number of hydrogen-bond acceptors (Lipinski definition) is 6. The standard InChI is InChI=1S/C20H22N2O5/c1-25-17-6-4-16(5-7-17)21-10-12-22(13-11-21)19(23)15-27-20(24)9-8-18-3-2-14-26-18/h2-9,14H,10-13,15H2,1H3/b9-8+. The predicted octanol–water partition coefficient (Wildman–Crippen LogP) is 2.19. The Morgan fingerprint density at radius 3 is 2.48 bits per heavy atom. The van der Waals surface area contributed by atoms with Crippen molar-refractivity contribution >= 4 is 23.6 Å². The van der Waals surface area contributed by atoms with Gasteiger partial charge in [0.05, 0.1) is 13.4 Å². The van der Waals surface area contributed by atoms with Gasteiger partial charge in [0.15, 0.2) is 6.61 Å². The molecule has 2 aromatic rings. The van der Waals surface area contributed by atoms with E-state index in [2.05, 4.69) is 4.90 Å². The van der Waals surface area contributed by atoms with E-state index in [4.69, 9.17) is 13.9 Å². The SMILES string of the molecule is COc1ccc(N2CCN(C(=O)COC(=O)/C=C/c3ccco3)CC2)cc1. The molecule has 0 saturated carbocycles. The number of amides is 1. The molecule has 0 spiro atoms. The molecular formula is C20H22N2O5. The Bertz CT molecular complexity index is 775. The molecule has 1 saturated heterocycles. The van der Waals surface area contributed by atoms with Crippen molar-refractivity contribution < 1.29 is 23.5 Å². The van der Waals surface area contributed by atoms with Crippen molar-refractivity contribution in [1.29, 1.82) is 0 Å². The highest BCUT2D eigenvalue weighted by Gasteiger charge is 2.22. The maximum atomic E-state index is 12.2. The minimum absolute atomic E-state index is 0.191. The molecule has 0 radical (unpaired) electrons. The molecule has 7 heteroatoms. The Morgan fingerprint density at radius 1 is 1.11 bits per heavy atom. The van der Waals surface area contributed by atoms with Crippen LogP contribution in [-0.2, 0) is 14.3 Å². The van der Waals surface area contributed by atoms with Crippen molar-refractivity contribution in [2.24, 2.45) is 0 Å². The lowest BCUT2D eigenvalue weighted by Gasteiger charge is -2.36. The van der Waals surface area contributed by atoms with Gasteiger partial charge in [-0.1, -0.05) is 0 Å². The number of carbonyl (C=O) groups excluding carboxylic acids is 2. The van der Waals surface area contributed by atoms with Crippen LogP contribution in [0.4, 0.5) is 5.69 Å². The summed E-state index contributed by atoms with van der Waals surface area (Å²) in [4.78, 5) is 27.8. The largest absolute Gasteiger partial charge is 0.497 e. The van der Waals surface area contributed by atoms with Gasteiger partial charge in [-0.15, -0.1) is 0 Å². The predicted molar refractivity (Wildman–Crippen MR) is 100 cm³/mol. The minimum Gasteiger partial charge on any atom is -0.497 e. The van der Waals surface area contributed by atoms with E-state index in [9.17, 15) is 9.59 Å². The summed E-state index contributed by atoms with van der Waals surface area (Å²) in [5.74, 6) is 0.601. The van der Waals surface area contributed by atoms with E-state index < -0.39 is 5.97 Å². The summed E-state index contributed by atoms with van der Waals surface area (Å²) in [6.45, 7) is 2.37. The number of carbonyl (C=O) groups is 2. The highest BCUT2D eigenvalue weighted by Crippen LogP contribution is 2.20. The molecule has 3 rings (SSSR count). The van der Waals surface area contributed by atoms with E-state index in [1.165, 1.54) is 18.4 Å². The third-order valence-electron chi connectivity index (χ3n) is 4.33. The molecule has 1 aromatic heterocycles. The summed E-state index contributed by atoms with van der Waals surface area (Å²) in [5.41, 5.74) is 1.09. The average Bonchev–Trinajstić information content (AvgIpc) is 3.24. The molecule has 1 amide bonds. The summed E-state index contributed by atoms with van der Waals surface area (Å²) < 4.78 is 15.3. The smallest absolute Gasteiger partial charge is 0.331 e. The molecule has 142 valence electrons. The van der Waals surface area contributed by atoms with E-state index in [-0.39, 0.29) is 12.5 Å². The fraction of sp³-hybridized carbons (Fsp3) is 0.300. The molecule has 1 aromatic carbocycles. The number of furan rings is 1. The maximum absolute atomic E-state index is 12.2. The van der Waals surface area contributed by atoms with Gasteiger partial charge in [-0.3, -0.25) is 4.79 Å². The van der Waals surface area contributed by atoms with Gasteiger partial charge < -0.3 is 23.7 Å². The van der Waals surface area contributed by atoms with Gasteiger partial charge >= 0.3 is 5.97 Å². The second-order valence-corrected chi connectivity index (χ2v) is 6.02. The number of benzene rings is 1. The number of anilines is 1. The van der Waals surface area contributed by atoms with Crippen molar-refractivity contribution in [2.45, 2.75) is 0 Å². The van der Waals surface area contributed by atoms with Gasteiger partial charge in [0.25, 0.3) is 5.91 Å². The van der Waals surface area contributed by atoms with Crippen LogP contribution in [-0.4, -0.2) is 56.7 Å². The first-order chi connectivity index (χ1) is 13.2. The molecule has 2 heterocycles. The second kappa shape index (κ2) is 8.93. The number of esters is 1. The molecule has 0 aliphatic carbocycles. The zero-order valence-corrected chi connectivity index (χ0v) is 15.2. The quantitative estimate of drug-likeness (QED) is 0.573. The molecule has 27 heavy (non-hydrogen) atoms. The van der Waals surface area contributed by atoms with Gasteiger partial charge in [0.2, 0.25) is 0 Å². The second-order valence-electron chi connectivity index (χ2n) is 6.02. The lowest BCUT2D eigenvalue weighted by atomic mass is 10.2. The van der Waals surface area contributed by atoms with Crippen LogP contribution in [0.1, 0.15) is 5.76 Å². The van der Waals surface area contributed by atoms with Crippen LogP contribution in [0.15, 0.2) is 53.2 Å². The fourth-order valence-corrected chi connectivity index (χ4v) is 2.82. The maximum Gasteiger partial charge on any atom is 0.331 e. The molecule has 1 aliphatic rings. The third-order valence-corrected chi connectivity index (χ3v) is 4.33. The van der Waals surface area contributed by atoms with E-state index in [1.54, 1.807) is 24.1 Å². The molecule has 7 nitrogen and oxygen atoms in total. The van der Waals surface area contributed by atoms with Crippen LogP contribution < -0.4 is 9.64 Å². The fourth-order valence-electron chi connectivity index (χ4n) is 2.82. The number of rotatable bonds is 6. The summed E-state index contributed by atoms with van der Waals surface area (Å²) in [5, 5.41) is 0. The van der Waals surface area contributed by atoms with Crippen molar-refractivity contribution in [3.63, 3.8) is 0 Å². The van der Waals surface area contributed by atoms with Crippen LogP contribution in [0.25, 0.3) is 6.08 Å². The van der Waals surface area contributed by atoms with Crippen molar-refractivity contribution in [2.75, 3.05) is 44.8 Å². The van der Waals surface area contributed by atoms with E-state index in [0.717, 1.165) is 24.5 Å². The molecule has 0 atom stereocenters. The first-order valence-corrected chi connectivity index (χ1v) is 8.71. The summed E-state index contributed by atoms with van der Waals surface area (Å²) in [6.07, 6.45) is 4.26. The molecule has 1 aliphatic heterocycles. The molecule has 0 N–H and O–H groups in total. The Morgan fingerprint density at radius 2 is 1.85 bits per heavy atom. The lowest BCUT2D eigenvalue weighted by Crippen LogP contribution is -2.49. The van der Waals surface area contributed by atoms with Crippen LogP contribution in [0.2, 0.25) is 0 Å². The van der Waals surface area contributed by atoms with Crippen LogP contribution >= 0.6 is 0 Å². The van der Waals surface area contributed by atoms with E-state index in [1.807, 2.05) is 24.3 Å². The minimum atomic E-state index is -0.573. The summed E-state index contributed by atoms with van der Waals surface area (Å²) in [7, 11) is 1.64. The molecule has 1 fully saturated rings. The zero-order chi connectivity index (χ0) is 19.1. The van der Waals surface area contributed by atoms with Gasteiger partial charge in [0.1, 0.15) is 11.5 Å². The highest BCUT2D eigenvalue weighted by molar-refractivity contribution is 5.89. The Balaban J connectivity index is 1.42. The first kappa shape index (κ1) is 18.6. The van der Waals surface area contributed by atoms with E-state index in [0.29, 0.717) is 18.8 Å². The zero-order valence-electron chi connectivity index (χ0n) is 15.2. The number of nitrogens with zero attached hydrogens (tertiary/aromatic N) is 2. The van der Waals surface area contributed by atoms with Crippen molar-refractivity contribution in [3.05, 3.63) is 54.5 Å². The topological polar surface area (TPSA) is 72.2 Å². The lowest BCUT2D eigenvalue weighted by molar-refractivity contribution is -0.148. The van der Waals surface area contributed by atoms with Gasteiger partial charge in [0, 0.05) is 37.9 Å².